The van der Waals surface area contributed by atoms with Crippen LogP contribution in [-0.2, 0) is 9.47 Å². The summed E-state index contributed by atoms with van der Waals surface area (Å²) in [7, 11) is 0. The van der Waals surface area contributed by atoms with Crippen molar-refractivity contribution in [2.24, 2.45) is 0 Å². The first-order chi connectivity index (χ1) is 13.3. The van der Waals surface area contributed by atoms with Gasteiger partial charge in [0.15, 0.2) is 6.29 Å². The lowest BCUT2D eigenvalue weighted by Crippen LogP contribution is -2.41. The Kier molecular flexibility index (Phi) is 3.92. The van der Waals surface area contributed by atoms with E-state index in [1.54, 1.807) is 0 Å². The van der Waals surface area contributed by atoms with E-state index in [1.165, 1.54) is 31.3 Å². The van der Waals surface area contributed by atoms with Gasteiger partial charge < -0.3 is 9.47 Å². The molecule has 0 saturated carbocycles. The summed E-state index contributed by atoms with van der Waals surface area (Å²) in [5.41, 5.74) is 2.86. The number of thiophene rings is 1. The largest absolute Gasteiger partial charge is 0.339 e. The molecule has 0 spiro atoms. The van der Waals surface area contributed by atoms with Crippen LogP contribution < -0.4 is 0 Å². The zero-order chi connectivity index (χ0) is 19.5. The molecule has 5 rings (SSSR count). The molecule has 0 atom stereocenters. The third-order valence-corrected chi connectivity index (χ3v) is 7.30. The molecule has 2 heterocycles. The molecule has 0 amide bonds. The van der Waals surface area contributed by atoms with E-state index in [-0.39, 0.29) is 17.5 Å². The van der Waals surface area contributed by atoms with Crippen LogP contribution in [0.2, 0.25) is 0 Å². The first kappa shape index (κ1) is 17.9. The van der Waals surface area contributed by atoms with Crippen LogP contribution in [0.15, 0.2) is 66.7 Å². The molecule has 1 fully saturated rings. The van der Waals surface area contributed by atoms with E-state index in [0.29, 0.717) is 0 Å². The maximum Gasteiger partial charge on any atom is 0.185 e. The quantitative estimate of drug-likeness (QED) is 0.358. The molecule has 0 N–H and O–H groups in total. The van der Waals surface area contributed by atoms with Gasteiger partial charge in [0.2, 0.25) is 0 Å². The Balaban J connectivity index is 1.48. The van der Waals surface area contributed by atoms with Crippen molar-refractivity contribution < 1.29 is 9.47 Å². The highest BCUT2D eigenvalue weighted by molar-refractivity contribution is 7.25. The Morgan fingerprint density at radius 2 is 1.29 bits per heavy atom. The molecule has 0 radical (unpaired) electrons. The summed E-state index contributed by atoms with van der Waals surface area (Å²) in [4.78, 5) is 0. The molecular formula is C25H24O2S. The molecule has 4 aromatic rings. The van der Waals surface area contributed by atoms with Gasteiger partial charge in [-0.05, 0) is 57.0 Å². The van der Waals surface area contributed by atoms with E-state index >= 15 is 0 Å². The minimum Gasteiger partial charge on any atom is -0.339 e. The van der Waals surface area contributed by atoms with E-state index in [2.05, 4.69) is 94.4 Å². The van der Waals surface area contributed by atoms with Crippen LogP contribution in [0.1, 0.15) is 39.5 Å². The summed E-state index contributed by atoms with van der Waals surface area (Å²) in [6.45, 7) is 8.34. The van der Waals surface area contributed by atoms with Crippen LogP contribution in [-0.4, -0.2) is 11.2 Å². The van der Waals surface area contributed by atoms with Gasteiger partial charge in [-0.1, -0.05) is 48.5 Å². The molecule has 3 heteroatoms. The fourth-order valence-electron chi connectivity index (χ4n) is 3.72. The van der Waals surface area contributed by atoms with Gasteiger partial charge in [0.25, 0.3) is 0 Å². The number of hydrogen-bond donors (Lipinski definition) is 0. The monoisotopic (exact) mass is 388 g/mol. The predicted octanol–water partition coefficient (Wildman–Crippen LogP) is 7.32. The summed E-state index contributed by atoms with van der Waals surface area (Å²) >= 11 is 1.85. The summed E-state index contributed by atoms with van der Waals surface area (Å²) in [5.74, 6) is 0. The third kappa shape index (κ3) is 2.77. The second kappa shape index (κ2) is 6.15. The van der Waals surface area contributed by atoms with E-state index in [4.69, 9.17) is 9.47 Å². The van der Waals surface area contributed by atoms with Gasteiger partial charge in [0, 0.05) is 25.7 Å². The molecule has 2 nitrogen and oxygen atoms in total. The van der Waals surface area contributed by atoms with Gasteiger partial charge in [-0.2, -0.15) is 0 Å². The molecule has 1 aliphatic rings. The smallest absolute Gasteiger partial charge is 0.185 e. The van der Waals surface area contributed by atoms with Crippen LogP contribution in [0, 0.1) is 0 Å². The Morgan fingerprint density at radius 1 is 0.679 bits per heavy atom. The van der Waals surface area contributed by atoms with Gasteiger partial charge in [-0.15, -0.1) is 11.3 Å². The first-order valence-electron chi connectivity index (χ1n) is 9.71. The van der Waals surface area contributed by atoms with Gasteiger partial charge in [0.1, 0.15) is 0 Å². The zero-order valence-electron chi connectivity index (χ0n) is 16.7. The maximum absolute atomic E-state index is 6.17. The van der Waals surface area contributed by atoms with Crippen LogP contribution in [0.5, 0.6) is 0 Å². The maximum atomic E-state index is 6.17. The molecule has 0 aliphatic carbocycles. The van der Waals surface area contributed by atoms with Gasteiger partial charge in [0.05, 0.1) is 11.2 Å². The molecule has 0 bridgehead atoms. The van der Waals surface area contributed by atoms with Gasteiger partial charge in [-0.3, -0.25) is 0 Å². The summed E-state index contributed by atoms with van der Waals surface area (Å²) in [6, 6.07) is 23.9. The van der Waals surface area contributed by atoms with E-state index in [9.17, 15) is 0 Å². The number of fused-ring (bicyclic) bond motifs is 3. The van der Waals surface area contributed by atoms with Crippen molar-refractivity contribution in [3.63, 3.8) is 0 Å². The highest BCUT2D eigenvalue weighted by Crippen LogP contribution is 2.45. The van der Waals surface area contributed by atoms with Crippen molar-refractivity contribution in [1.82, 2.24) is 0 Å². The zero-order valence-corrected chi connectivity index (χ0v) is 17.5. The van der Waals surface area contributed by atoms with Crippen molar-refractivity contribution in [2.45, 2.75) is 45.2 Å². The highest BCUT2D eigenvalue weighted by Gasteiger charge is 2.49. The van der Waals surface area contributed by atoms with Crippen LogP contribution in [0.4, 0.5) is 0 Å². The van der Waals surface area contributed by atoms with Gasteiger partial charge in [-0.25, -0.2) is 0 Å². The second-order valence-electron chi connectivity index (χ2n) is 8.52. The van der Waals surface area contributed by atoms with Crippen molar-refractivity contribution in [3.05, 3.63) is 72.3 Å². The third-order valence-electron chi connectivity index (χ3n) is 6.15. The van der Waals surface area contributed by atoms with E-state index in [0.717, 1.165) is 5.56 Å². The molecule has 1 aromatic heterocycles. The summed E-state index contributed by atoms with van der Waals surface area (Å²) in [5, 5.41) is 2.66. The van der Waals surface area contributed by atoms with Gasteiger partial charge >= 0.3 is 0 Å². The van der Waals surface area contributed by atoms with Crippen LogP contribution in [0.25, 0.3) is 31.3 Å². The topological polar surface area (TPSA) is 18.5 Å². The average Bonchev–Trinajstić information content (AvgIpc) is 3.15. The minimum absolute atomic E-state index is 0.317. The number of ether oxygens (including phenoxy) is 2. The van der Waals surface area contributed by atoms with Crippen molar-refractivity contribution in [2.75, 3.05) is 0 Å². The van der Waals surface area contributed by atoms with Crippen LogP contribution >= 0.6 is 11.3 Å². The fraction of sp³-hybridized carbons (Fsp3) is 0.280. The lowest BCUT2D eigenvalue weighted by atomic mass is 9.90. The molecular weight excluding hydrogens is 364 g/mol. The van der Waals surface area contributed by atoms with E-state index < -0.39 is 0 Å². The summed E-state index contributed by atoms with van der Waals surface area (Å²) < 4.78 is 15.0. The average molecular weight is 389 g/mol. The normalized spacial score (nSPS) is 18.9. The lowest BCUT2D eigenvalue weighted by Gasteiger charge is -2.30. The minimum atomic E-state index is -0.318. The molecule has 28 heavy (non-hydrogen) atoms. The highest BCUT2D eigenvalue weighted by atomic mass is 32.1. The van der Waals surface area contributed by atoms with Crippen molar-refractivity contribution in [1.29, 1.82) is 0 Å². The molecule has 3 aromatic carbocycles. The fourth-order valence-corrected chi connectivity index (χ4v) is 4.80. The Morgan fingerprint density at radius 3 is 2.00 bits per heavy atom. The number of benzene rings is 3. The molecule has 0 unspecified atom stereocenters. The number of rotatable bonds is 2. The predicted molar refractivity (Wildman–Crippen MR) is 118 cm³/mol. The van der Waals surface area contributed by atoms with Crippen molar-refractivity contribution >= 4 is 31.5 Å². The molecule has 142 valence electrons. The Bertz CT molecular complexity index is 1150. The molecule has 1 aliphatic heterocycles. The second-order valence-corrected chi connectivity index (χ2v) is 9.60. The SMILES string of the molecule is CC1(C)OC(c2ccc(-c3ccc4sc5ccccc5c4c3)cc2)OC1(C)C. The Labute approximate surface area is 169 Å². The number of hydrogen-bond acceptors (Lipinski definition) is 3. The van der Waals surface area contributed by atoms with Crippen molar-refractivity contribution in [3.8, 4) is 11.1 Å². The Hall–Kier alpha value is -2.20. The van der Waals surface area contributed by atoms with E-state index in [1.807, 2.05) is 11.3 Å². The molecule has 1 saturated heterocycles. The first-order valence-corrected chi connectivity index (χ1v) is 10.5. The standard InChI is InChI=1S/C25H24O2S/c1-24(2)25(3,4)27-23(26-24)17-11-9-16(10-12-17)18-13-14-22-20(15-18)19-7-5-6-8-21(19)28-22/h5-15,23H,1-4H3. The van der Waals surface area contributed by atoms with Crippen LogP contribution in [0.3, 0.4) is 0 Å². The lowest BCUT2D eigenvalue weighted by molar-refractivity contribution is -0.0895. The summed E-state index contributed by atoms with van der Waals surface area (Å²) in [6.07, 6.45) is -0.317.